The van der Waals surface area contributed by atoms with E-state index in [0.717, 1.165) is 11.8 Å². The molecule has 0 aromatic heterocycles. The molecule has 0 aliphatic rings. The highest BCUT2D eigenvalue weighted by atomic mass is 14.3. The van der Waals surface area contributed by atoms with Crippen LogP contribution < -0.4 is 0 Å². The molecule has 1 atom stereocenters. The monoisotopic (exact) mass is 281 g/mol. The van der Waals surface area contributed by atoms with Gasteiger partial charge in [-0.1, -0.05) is 98.8 Å². The average Bonchev–Trinajstić information content (AvgIpc) is 2.44. The molecule has 1 unspecified atom stereocenters. The summed E-state index contributed by atoms with van der Waals surface area (Å²) in [7, 11) is 0. The Labute approximate surface area is 130 Å². The Morgan fingerprint density at radius 2 is 1.25 bits per heavy atom. The molecule has 0 N–H and O–H groups in total. The zero-order valence-corrected chi connectivity index (χ0v) is 15.1. The maximum atomic E-state index is 2.41. The van der Waals surface area contributed by atoms with Crippen LogP contribution in [0.2, 0.25) is 0 Å². The van der Waals surface area contributed by atoms with Gasteiger partial charge in [0.05, 0.1) is 0 Å². The lowest BCUT2D eigenvalue weighted by atomic mass is 9.76. The Morgan fingerprint density at radius 1 is 0.700 bits per heavy atom. The highest BCUT2D eigenvalue weighted by Gasteiger charge is 2.22. The van der Waals surface area contributed by atoms with Crippen LogP contribution in [0.15, 0.2) is 0 Å². The summed E-state index contributed by atoms with van der Waals surface area (Å²) in [6, 6.07) is 0. The van der Waals surface area contributed by atoms with Crippen LogP contribution in [0.1, 0.15) is 112 Å². The van der Waals surface area contributed by atoms with Gasteiger partial charge in [0.1, 0.15) is 0 Å². The van der Waals surface area contributed by atoms with Gasteiger partial charge >= 0.3 is 0 Å². The molecule has 0 nitrogen and oxygen atoms in total. The van der Waals surface area contributed by atoms with E-state index in [9.17, 15) is 0 Å². The van der Waals surface area contributed by atoms with Crippen LogP contribution in [-0.2, 0) is 0 Å². The molecule has 20 heavy (non-hydrogen) atoms. The Kier molecular flexibility index (Phi) is 14.0. The maximum absolute atomic E-state index is 2.41. The van der Waals surface area contributed by atoms with Crippen molar-refractivity contribution in [2.24, 2.45) is 11.8 Å². The third-order valence-corrected chi connectivity index (χ3v) is 4.73. The van der Waals surface area contributed by atoms with Crippen molar-refractivity contribution in [3.8, 4) is 0 Å². The molecule has 0 saturated heterocycles. The summed E-state index contributed by atoms with van der Waals surface area (Å²) in [4.78, 5) is 0. The van der Waals surface area contributed by atoms with Crippen LogP contribution in [0.3, 0.4) is 0 Å². The summed E-state index contributed by atoms with van der Waals surface area (Å²) in [5.41, 5.74) is 0. The molecule has 0 bridgehead atoms. The molecule has 0 aromatic rings. The molecule has 0 aliphatic heterocycles. The summed E-state index contributed by atoms with van der Waals surface area (Å²) < 4.78 is 0. The Bertz CT molecular complexity index is 182. The molecule has 121 valence electrons. The molecule has 0 fully saturated rings. The third kappa shape index (κ3) is 9.83. The quantitative estimate of drug-likeness (QED) is 0.288. The summed E-state index contributed by atoms with van der Waals surface area (Å²) in [5, 5.41) is 0. The first-order valence-corrected chi connectivity index (χ1v) is 9.52. The molecule has 0 rings (SSSR count). The van der Waals surface area contributed by atoms with E-state index < -0.39 is 0 Å². The Morgan fingerprint density at radius 3 is 1.75 bits per heavy atom. The predicted octanol–water partition coefficient (Wildman–Crippen LogP) is 7.57. The molecule has 0 aromatic carbocycles. The lowest BCUT2D eigenvalue weighted by Gasteiger charge is -2.29. The lowest BCUT2D eigenvalue weighted by molar-refractivity contribution is 0.370. The van der Waals surface area contributed by atoms with Crippen LogP contribution in [0.25, 0.3) is 0 Å². The fraction of sp³-hybridized carbons (Fsp3) is 0.950. The number of hydrogen-bond donors (Lipinski definition) is 0. The van der Waals surface area contributed by atoms with Crippen LogP contribution in [-0.4, -0.2) is 0 Å². The fourth-order valence-electron chi connectivity index (χ4n) is 3.37. The second-order valence-corrected chi connectivity index (χ2v) is 6.85. The third-order valence-electron chi connectivity index (χ3n) is 4.73. The van der Waals surface area contributed by atoms with Crippen LogP contribution in [0, 0.1) is 17.8 Å². The predicted molar refractivity (Wildman–Crippen MR) is 94.0 cm³/mol. The summed E-state index contributed by atoms with van der Waals surface area (Å²) in [6.45, 7) is 11.8. The summed E-state index contributed by atoms with van der Waals surface area (Å²) in [5.74, 6) is 3.57. The van der Waals surface area contributed by atoms with E-state index in [1.54, 1.807) is 0 Å². The minimum absolute atomic E-state index is 0.789. The van der Waals surface area contributed by atoms with Crippen molar-refractivity contribution < 1.29 is 0 Å². The largest absolute Gasteiger partial charge is 0.0654 e. The minimum atomic E-state index is 0.789. The first kappa shape index (κ1) is 20.0. The molecule has 0 heterocycles. The topological polar surface area (TPSA) is 0 Å². The number of rotatable bonds is 14. The normalized spacial score (nSPS) is 13.3. The first-order chi connectivity index (χ1) is 9.67. The average molecular weight is 282 g/mol. The van der Waals surface area contributed by atoms with Gasteiger partial charge in [0.2, 0.25) is 0 Å². The zero-order valence-electron chi connectivity index (χ0n) is 15.1. The highest BCUT2D eigenvalue weighted by molar-refractivity contribution is 4.98. The standard InChI is InChI=1S/C20H41/c1-6-9-11-13-15-17-20(18(4)5)19(8-3)16-14-12-10-7-2/h18-19H,6-17H2,1-5H3. The van der Waals surface area contributed by atoms with Gasteiger partial charge in [0.25, 0.3) is 0 Å². The van der Waals surface area contributed by atoms with Gasteiger partial charge in [0.15, 0.2) is 0 Å². The highest BCUT2D eigenvalue weighted by Crippen LogP contribution is 2.34. The van der Waals surface area contributed by atoms with E-state index in [4.69, 9.17) is 0 Å². The van der Waals surface area contributed by atoms with Crippen LogP contribution >= 0.6 is 0 Å². The van der Waals surface area contributed by atoms with Gasteiger partial charge in [0, 0.05) is 0 Å². The van der Waals surface area contributed by atoms with E-state index in [2.05, 4.69) is 34.6 Å². The molecular formula is C20H41. The molecule has 1 radical (unpaired) electrons. The van der Waals surface area contributed by atoms with Crippen molar-refractivity contribution in [3.63, 3.8) is 0 Å². The minimum Gasteiger partial charge on any atom is -0.0654 e. The molecular weight excluding hydrogens is 240 g/mol. The van der Waals surface area contributed by atoms with Crippen molar-refractivity contribution >= 4 is 0 Å². The van der Waals surface area contributed by atoms with E-state index in [1.807, 2.05) is 5.92 Å². The van der Waals surface area contributed by atoms with Crippen molar-refractivity contribution in [2.75, 3.05) is 0 Å². The SMILES string of the molecule is CCCCCCC[C](C(C)C)C(CC)CCCCCC. The Balaban J connectivity index is 4.03. The maximum Gasteiger partial charge on any atom is -0.0185 e. The molecule has 0 saturated carbocycles. The number of unbranched alkanes of at least 4 members (excludes halogenated alkanes) is 7. The molecule has 0 spiro atoms. The number of hydrogen-bond acceptors (Lipinski definition) is 0. The van der Waals surface area contributed by atoms with Crippen molar-refractivity contribution in [3.05, 3.63) is 5.92 Å². The van der Waals surface area contributed by atoms with Crippen molar-refractivity contribution in [1.82, 2.24) is 0 Å². The zero-order chi connectivity index (χ0) is 15.2. The van der Waals surface area contributed by atoms with Gasteiger partial charge in [-0.3, -0.25) is 0 Å². The van der Waals surface area contributed by atoms with E-state index in [-0.39, 0.29) is 0 Å². The second kappa shape index (κ2) is 14.0. The van der Waals surface area contributed by atoms with Gasteiger partial charge in [-0.15, -0.1) is 0 Å². The molecule has 0 aliphatic carbocycles. The smallest absolute Gasteiger partial charge is 0.0185 e. The fourth-order valence-corrected chi connectivity index (χ4v) is 3.37. The van der Waals surface area contributed by atoms with E-state index in [0.29, 0.717) is 0 Å². The first-order valence-electron chi connectivity index (χ1n) is 9.52. The van der Waals surface area contributed by atoms with Gasteiger partial charge in [-0.25, -0.2) is 0 Å². The summed E-state index contributed by atoms with van der Waals surface area (Å²) in [6.07, 6.45) is 16.9. The lowest BCUT2D eigenvalue weighted by Crippen LogP contribution is -2.18. The van der Waals surface area contributed by atoms with Crippen LogP contribution in [0.4, 0.5) is 0 Å². The van der Waals surface area contributed by atoms with Crippen molar-refractivity contribution in [2.45, 2.75) is 112 Å². The second-order valence-electron chi connectivity index (χ2n) is 6.85. The van der Waals surface area contributed by atoms with E-state index >= 15 is 0 Å². The molecule has 0 heteroatoms. The van der Waals surface area contributed by atoms with Gasteiger partial charge < -0.3 is 0 Å². The Hall–Kier alpha value is 0. The summed E-state index contributed by atoms with van der Waals surface area (Å²) >= 11 is 0. The van der Waals surface area contributed by atoms with Gasteiger partial charge in [-0.2, -0.15) is 0 Å². The van der Waals surface area contributed by atoms with E-state index in [1.165, 1.54) is 77.0 Å². The molecule has 0 amide bonds. The van der Waals surface area contributed by atoms with Crippen LogP contribution in [0.5, 0.6) is 0 Å². The van der Waals surface area contributed by atoms with Crippen molar-refractivity contribution in [1.29, 1.82) is 0 Å². The van der Waals surface area contributed by atoms with Gasteiger partial charge in [-0.05, 0) is 30.6 Å².